The number of guanidine groups is 2. The Kier molecular flexibility index (Phi) is 13.8. The maximum absolute atomic E-state index is 13.7. The van der Waals surface area contributed by atoms with Gasteiger partial charge in [0.25, 0.3) is 0 Å². The van der Waals surface area contributed by atoms with Gasteiger partial charge >= 0.3 is 0 Å². The van der Waals surface area contributed by atoms with Crippen molar-refractivity contribution >= 4 is 50.5 Å². The minimum atomic E-state index is -2.81. The largest absolute Gasteiger partial charge is 0.457 e. The van der Waals surface area contributed by atoms with E-state index in [1.165, 1.54) is 0 Å². The lowest BCUT2D eigenvalue weighted by Crippen LogP contribution is -2.23. The number of nitrogens with zero attached hydrogens (tertiary/aromatic N) is 2. The lowest BCUT2D eigenvalue weighted by Gasteiger charge is -2.13. The zero-order chi connectivity index (χ0) is 36.6. The van der Waals surface area contributed by atoms with Crippen molar-refractivity contribution < 1.29 is 23.3 Å². The molecule has 51 heavy (non-hydrogen) atoms. The van der Waals surface area contributed by atoms with Crippen LogP contribution in [0.5, 0.6) is 23.0 Å². The quantitative estimate of drug-likeness (QED) is 0.0346. The average molecular weight is 713 g/mol. The molecule has 0 unspecified atom stereocenters. The number of hydrogen-bond acceptors (Lipinski definition) is 7. The van der Waals surface area contributed by atoms with Crippen LogP contribution in [0.4, 0.5) is 11.4 Å². The normalized spacial score (nSPS) is 10.8. The minimum absolute atomic E-state index is 0.0460. The molecule has 14 heteroatoms. The van der Waals surface area contributed by atoms with Crippen LogP contribution in [0.3, 0.4) is 0 Å². The fourth-order valence-corrected chi connectivity index (χ4v) is 6.16. The smallest absolute Gasteiger partial charge is 0.224 e. The van der Waals surface area contributed by atoms with Crippen molar-refractivity contribution in [1.29, 1.82) is 0 Å². The second-order valence-corrected chi connectivity index (χ2v) is 13.8. The highest BCUT2D eigenvalue weighted by Crippen LogP contribution is 2.29. The Morgan fingerprint density at radius 1 is 0.549 bits per heavy atom. The fraction of sp³-hybridized carbons (Fsp3) is 0.216. The summed E-state index contributed by atoms with van der Waals surface area (Å²) in [6.45, 7) is 0.984. The summed E-state index contributed by atoms with van der Waals surface area (Å²) in [5, 5.41) is 5.72. The summed E-state index contributed by atoms with van der Waals surface area (Å²) in [7, 11) is -2.81. The number of benzene rings is 4. The van der Waals surface area contributed by atoms with Gasteiger partial charge < -0.3 is 43.0 Å². The van der Waals surface area contributed by atoms with Gasteiger partial charge in [0, 0.05) is 56.6 Å². The van der Waals surface area contributed by atoms with E-state index in [9.17, 15) is 13.8 Å². The summed E-state index contributed by atoms with van der Waals surface area (Å²) in [5.41, 5.74) is 22.5. The Bertz CT molecular complexity index is 1770. The van der Waals surface area contributed by atoms with Crippen molar-refractivity contribution in [1.82, 2.24) is 0 Å². The van der Waals surface area contributed by atoms with Gasteiger partial charge in [-0.25, -0.2) is 0 Å². The molecule has 0 spiro atoms. The van der Waals surface area contributed by atoms with Gasteiger partial charge in [0.15, 0.2) is 11.9 Å². The van der Waals surface area contributed by atoms with Crippen LogP contribution in [-0.4, -0.2) is 46.9 Å². The van der Waals surface area contributed by atoms with Gasteiger partial charge in [0.2, 0.25) is 11.8 Å². The lowest BCUT2D eigenvalue weighted by atomic mass is 10.2. The van der Waals surface area contributed by atoms with Crippen molar-refractivity contribution in [2.75, 3.05) is 23.7 Å². The number of anilines is 2. The van der Waals surface area contributed by atoms with E-state index in [-0.39, 0.29) is 23.7 Å². The van der Waals surface area contributed by atoms with Gasteiger partial charge in [-0.15, -0.1) is 0 Å². The molecular weight excluding hydrogens is 669 g/mol. The van der Waals surface area contributed by atoms with Crippen molar-refractivity contribution in [2.24, 2.45) is 32.9 Å². The molecule has 0 aliphatic rings. The molecule has 0 aliphatic heterocycles. The Hall–Kier alpha value is -6.02. The monoisotopic (exact) mass is 712 g/mol. The molecular formula is C37H44N8O5S. The Labute approximate surface area is 298 Å². The van der Waals surface area contributed by atoms with Crippen LogP contribution < -0.4 is 43.0 Å². The summed E-state index contributed by atoms with van der Waals surface area (Å²) < 4.78 is 25.6. The van der Waals surface area contributed by atoms with E-state index in [1.807, 2.05) is 0 Å². The molecule has 0 bridgehead atoms. The second kappa shape index (κ2) is 18.7. The van der Waals surface area contributed by atoms with Gasteiger partial charge in [-0.1, -0.05) is 0 Å². The number of nitrogens with one attached hydrogen (secondary N) is 2. The van der Waals surface area contributed by atoms with E-state index >= 15 is 0 Å². The Morgan fingerprint density at radius 2 is 0.863 bits per heavy atom. The molecule has 13 nitrogen and oxygen atoms in total. The topological polar surface area (TPSA) is 223 Å². The third kappa shape index (κ3) is 12.7. The lowest BCUT2D eigenvalue weighted by molar-refractivity contribution is -0.117. The number of nitrogens with two attached hydrogens (primary N) is 4. The number of hydrogen-bond donors (Lipinski definition) is 6. The van der Waals surface area contributed by atoms with Gasteiger partial charge in [0.05, 0.1) is 0 Å². The first-order valence-corrected chi connectivity index (χ1v) is 18.0. The number of rotatable bonds is 18. The van der Waals surface area contributed by atoms with Crippen molar-refractivity contribution in [3.63, 3.8) is 0 Å². The number of carbonyl (C=O) groups is 2. The summed E-state index contributed by atoms with van der Waals surface area (Å²) in [6, 6.07) is 27.9. The molecule has 4 aromatic rings. The SMILES string of the molecule is C=S(=O)(c1ccc(Oc2ccc(NC(=O)CCCCN=C(N)N)cc2)cc1)c1ccc(Oc2ccc(NC(=O)CCCCN=C(N)N)cc2)cc1. The van der Waals surface area contributed by atoms with Crippen LogP contribution in [0.15, 0.2) is 117 Å². The van der Waals surface area contributed by atoms with Crippen molar-refractivity contribution in [2.45, 2.75) is 48.3 Å². The second-order valence-electron chi connectivity index (χ2n) is 11.5. The van der Waals surface area contributed by atoms with Crippen molar-refractivity contribution in [3.8, 4) is 23.0 Å². The maximum atomic E-state index is 13.7. The van der Waals surface area contributed by atoms with Crippen LogP contribution in [0.1, 0.15) is 38.5 Å². The van der Waals surface area contributed by atoms with E-state index in [0.717, 1.165) is 0 Å². The molecule has 0 fully saturated rings. The minimum Gasteiger partial charge on any atom is -0.457 e. The van der Waals surface area contributed by atoms with E-state index in [0.29, 0.717) is 95.8 Å². The first kappa shape index (κ1) is 37.8. The van der Waals surface area contributed by atoms with Crippen LogP contribution in [-0.2, 0) is 19.1 Å². The Morgan fingerprint density at radius 3 is 1.18 bits per heavy atom. The average Bonchev–Trinajstić information content (AvgIpc) is 3.10. The highest BCUT2D eigenvalue weighted by Gasteiger charge is 2.13. The predicted molar refractivity (Wildman–Crippen MR) is 204 cm³/mol. The number of unbranched alkanes of at least 4 members (excludes halogenated alkanes) is 2. The number of aliphatic imine (C=N–C) groups is 2. The molecule has 4 aromatic carbocycles. The standard InChI is InChI=1S/C37H44N8O5S/c1-51(48,32-20-16-30(17-21-32)49-28-12-8-26(9-13-28)44-34(46)6-2-4-24-42-36(38)39)33-22-18-31(19-23-33)50-29-14-10-27(11-15-29)45-35(47)7-3-5-25-43-37(40)41/h8-23H,1-7,24-25H2,(H,44,46)(H,45,47)(H4,38,39,42)(H4,40,41,43). The zero-order valence-corrected chi connectivity index (χ0v) is 29.1. The molecule has 0 aliphatic carbocycles. The third-order valence-corrected chi connectivity index (χ3v) is 9.44. The molecule has 0 radical (unpaired) electrons. The molecule has 268 valence electrons. The molecule has 0 saturated carbocycles. The van der Waals surface area contributed by atoms with Crippen LogP contribution >= 0.6 is 0 Å². The number of carbonyl (C=O) groups excluding carboxylic acids is 2. The fourth-order valence-electron chi connectivity index (χ4n) is 4.73. The molecule has 0 atom stereocenters. The van der Waals surface area contributed by atoms with E-state index in [1.54, 1.807) is 97.1 Å². The molecule has 0 aromatic heterocycles. The van der Waals surface area contributed by atoms with Crippen molar-refractivity contribution in [3.05, 3.63) is 97.1 Å². The van der Waals surface area contributed by atoms with E-state index < -0.39 is 9.52 Å². The predicted octanol–water partition coefficient (Wildman–Crippen LogP) is 5.17. The maximum Gasteiger partial charge on any atom is 0.224 e. The first-order chi connectivity index (χ1) is 24.5. The van der Waals surface area contributed by atoms with E-state index in [4.69, 9.17) is 32.4 Å². The Balaban J connectivity index is 1.24. The molecule has 0 saturated heterocycles. The summed E-state index contributed by atoms with van der Waals surface area (Å²) in [4.78, 5) is 33.3. The van der Waals surface area contributed by atoms with Crippen LogP contribution in [0.25, 0.3) is 0 Å². The molecule has 10 N–H and O–H groups in total. The zero-order valence-electron chi connectivity index (χ0n) is 28.3. The molecule has 2 amide bonds. The first-order valence-electron chi connectivity index (χ1n) is 16.3. The highest BCUT2D eigenvalue weighted by atomic mass is 32.2. The van der Waals surface area contributed by atoms with Gasteiger partial charge in [-0.3, -0.25) is 23.8 Å². The van der Waals surface area contributed by atoms with Gasteiger partial charge in [-0.2, -0.15) is 0 Å². The third-order valence-electron chi connectivity index (χ3n) is 7.37. The van der Waals surface area contributed by atoms with E-state index in [2.05, 4.69) is 26.5 Å². The molecule has 0 heterocycles. The van der Waals surface area contributed by atoms with Crippen LogP contribution in [0, 0.1) is 0 Å². The summed E-state index contributed by atoms with van der Waals surface area (Å²) >= 11 is 0. The molecule has 4 rings (SSSR count). The highest BCUT2D eigenvalue weighted by molar-refractivity contribution is 8.00. The number of amides is 2. The van der Waals surface area contributed by atoms with Gasteiger partial charge in [-0.05, 0) is 129 Å². The summed E-state index contributed by atoms with van der Waals surface area (Å²) in [5.74, 6) is 6.19. The van der Waals surface area contributed by atoms with Gasteiger partial charge in [0.1, 0.15) is 23.0 Å². The van der Waals surface area contributed by atoms with Crippen LogP contribution in [0.2, 0.25) is 0 Å². The number of ether oxygens (including phenoxy) is 2. The summed E-state index contributed by atoms with van der Waals surface area (Å²) in [6.07, 6.45) is 3.50.